The van der Waals surface area contributed by atoms with E-state index >= 15 is 0 Å². The molecule has 0 spiro atoms. The highest BCUT2D eigenvalue weighted by atomic mass is 19.3. The lowest BCUT2D eigenvalue weighted by atomic mass is 9.72. The SMILES string of the molecule is CC(C)=Nc1ccc(-c2ccn3nc(N)ncc23)nc1C.CC1(C)CCC1.CCC(F)F. The van der Waals surface area contributed by atoms with Crippen molar-refractivity contribution in [1.29, 1.82) is 0 Å². The molecular weight excluding hydrogens is 410 g/mol. The van der Waals surface area contributed by atoms with Crippen LogP contribution in [-0.4, -0.2) is 31.7 Å². The van der Waals surface area contributed by atoms with Gasteiger partial charge in [0.05, 0.1) is 28.8 Å². The molecule has 3 aromatic rings. The van der Waals surface area contributed by atoms with Gasteiger partial charge >= 0.3 is 0 Å². The van der Waals surface area contributed by atoms with E-state index in [4.69, 9.17) is 5.73 Å². The first kappa shape index (κ1) is 25.4. The highest BCUT2D eigenvalue weighted by Crippen LogP contribution is 2.38. The predicted molar refractivity (Wildman–Crippen MR) is 128 cm³/mol. The summed E-state index contributed by atoms with van der Waals surface area (Å²) in [6.07, 6.45) is 5.78. The second-order valence-electron chi connectivity index (χ2n) is 8.85. The summed E-state index contributed by atoms with van der Waals surface area (Å²) < 4.78 is 23.2. The molecule has 1 saturated carbocycles. The van der Waals surface area contributed by atoms with Gasteiger partial charge in [-0.25, -0.2) is 18.3 Å². The van der Waals surface area contributed by atoms with Crippen LogP contribution in [0.15, 0.2) is 35.6 Å². The average molecular weight is 445 g/mol. The van der Waals surface area contributed by atoms with Crippen molar-refractivity contribution in [3.05, 3.63) is 36.3 Å². The van der Waals surface area contributed by atoms with E-state index in [0.717, 1.165) is 39.3 Å². The monoisotopic (exact) mass is 444 g/mol. The number of anilines is 1. The number of nitrogen functional groups attached to an aromatic ring is 1. The smallest absolute Gasteiger partial charge is 0.238 e. The number of nitrogens with zero attached hydrogens (tertiary/aromatic N) is 5. The van der Waals surface area contributed by atoms with Crippen molar-refractivity contribution in [2.24, 2.45) is 10.4 Å². The summed E-state index contributed by atoms with van der Waals surface area (Å²) >= 11 is 0. The van der Waals surface area contributed by atoms with Gasteiger partial charge in [-0.15, -0.1) is 5.10 Å². The zero-order valence-corrected chi connectivity index (χ0v) is 19.9. The Morgan fingerprint density at radius 3 is 2.31 bits per heavy atom. The molecule has 0 atom stereocenters. The standard InChI is InChI=1S/C15H16N6.C6H12.C3H6F2/c1-9(2)18-12-4-5-13(19-10(12)3)11-6-7-21-14(11)8-17-15(16)20-21;1-6(2)4-3-5-6;1-2-3(4)5/h4-8H,1-3H3,(H2,16,20);3-5H2,1-2H3;3H,2H2,1H3. The lowest BCUT2D eigenvalue weighted by molar-refractivity contribution is 0.144. The number of aryl methyl sites for hydroxylation is 1. The summed E-state index contributed by atoms with van der Waals surface area (Å²) in [6.45, 7) is 12.0. The minimum absolute atomic E-state index is 0.0278. The third kappa shape index (κ3) is 7.35. The molecule has 4 rings (SSSR count). The summed E-state index contributed by atoms with van der Waals surface area (Å²) in [5, 5.41) is 4.13. The summed E-state index contributed by atoms with van der Waals surface area (Å²) in [5.74, 6) is 0.247. The minimum Gasteiger partial charge on any atom is -0.367 e. The van der Waals surface area contributed by atoms with E-state index in [1.165, 1.54) is 26.2 Å². The molecule has 8 heteroatoms. The first-order valence-corrected chi connectivity index (χ1v) is 10.9. The molecule has 0 aliphatic heterocycles. The molecule has 0 unspecified atom stereocenters. The summed E-state index contributed by atoms with van der Waals surface area (Å²) in [6, 6.07) is 5.89. The molecule has 174 valence electrons. The maximum Gasteiger partial charge on any atom is 0.238 e. The van der Waals surface area contributed by atoms with Gasteiger partial charge in [-0.3, -0.25) is 9.98 Å². The van der Waals surface area contributed by atoms with Crippen LogP contribution in [0.5, 0.6) is 0 Å². The van der Waals surface area contributed by atoms with Crippen molar-refractivity contribution in [2.75, 3.05) is 5.73 Å². The third-order valence-corrected chi connectivity index (χ3v) is 5.13. The van der Waals surface area contributed by atoms with Crippen LogP contribution in [0.4, 0.5) is 20.4 Å². The molecule has 1 aliphatic carbocycles. The molecule has 0 saturated heterocycles. The maximum atomic E-state index is 10.8. The van der Waals surface area contributed by atoms with E-state index in [-0.39, 0.29) is 12.4 Å². The number of hydrogen-bond donors (Lipinski definition) is 1. The molecule has 1 fully saturated rings. The van der Waals surface area contributed by atoms with Gasteiger partial charge in [0.2, 0.25) is 12.4 Å². The van der Waals surface area contributed by atoms with E-state index in [0.29, 0.717) is 0 Å². The van der Waals surface area contributed by atoms with Gasteiger partial charge in [0.15, 0.2) is 0 Å². The Morgan fingerprint density at radius 1 is 1.22 bits per heavy atom. The van der Waals surface area contributed by atoms with Gasteiger partial charge in [-0.05, 0) is 57.2 Å². The van der Waals surface area contributed by atoms with Crippen molar-refractivity contribution < 1.29 is 8.78 Å². The lowest BCUT2D eigenvalue weighted by Crippen LogP contribution is -2.20. The first-order valence-electron chi connectivity index (χ1n) is 10.9. The molecule has 2 N–H and O–H groups in total. The van der Waals surface area contributed by atoms with Crippen LogP contribution < -0.4 is 5.73 Å². The van der Waals surface area contributed by atoms with Gasteiger partial charge in [0.1, 0.15) is 0 Å². The van der Waals surface area contributed by atoms with Crippen LogP contribution in [0.1, 0.15) is 66.0 Å². The molecular formula is C24H34F2N6. The number of nitrogens with two attached hydrogens (primary N) is 1. The highest BCUT2D eigenvalue weighted by molar-refractivity contribution is 5.83. The zero-order valence-electron chi connectivity index (χ0n) is 19.9. The van der Waals surface area contributed by atoms with Gasteiger partial charge in [0.25, 0.3) is 0 Å². The number of hydrogen-bond acceptors (Lipinski definition) is 5. The van der Waals surface area contributed by atoms with E-state index in [1.807, 2.05) is 45.2 Å². The molecule has 32 heavy (non-hydrogen) atoms. The van der Waals surface area contributed by atoms with Crippen molar-refractivity contribution in [3.8, 4) is 11.3 Å². The fourth-order valence-electron chi connectivity index (χ4n) is 3.08. The van der Waals surface area contributed by atoms with Crippen LogP contribution in [-0.2, 0) is 0 Å². The topological polar surface area (TPSA) is 81.5 Å². The van der Waals surface area contributed by atoms with E-state index in [2.05, 4.69) is 33.9 Å². The number of pyridine rings is 1. The average Bonchev–Trinajstić information content (AvgIpc) is 3.12. The quantitative estimate of drug-likeness (QED) is 0.458. The molecule has 0 amide bonds. The van der Waals surface area contributed by atoms with Gasteiger partial charge < -0.3 is 5.73 Å². The number of rotatable bonds is 3. The normalized spacial score (nSPS) is 14.0. The number of halogens is 2. The van der Waals surface area contributed by atoms with Crippen LogP contribution in [0.2, 0.25) is 0 Å². The Kier molecular flexibility index (Phi) is 8.80. The predicted octanol–water partition coefficient (Wildman–Crippen LogP) is 6.65. The van der Waals surface area contributed by atoms with Gasteiger partial charge in [0, 0.05) is 23.9 Å². The second-order valence-corrected chi connectivity index (χ2v) is 8.85. The minimum atomic E-state index is -2.12. The summed E-state index contributed by atoms with van der Waals surface area (Å²) in [5.41, 5.74) is 11.8. The maximum absolute atomic E-state index is 10.8. The zero-order chi connectivity index (χ0) is 23.9. The Balaban J connectivity index is 0.000000272. The number of alkyl halides is 2. The molecule has 0 aromatic carbocycles. The fraction of sp³-hybridized carbons (Fsp3) is 0.500. The molecule has 1 aliphatic rings. The molecule has 0 radical (unpaired) electrons. The molecule has 3 heterocycles. The Labute approximate surface area is 189 Å². The molecule has 0 bridgehead atoms. The van der Waals surface area contributed by atoms with E-state index in [9.17, 15) is 8.78 Å². The largest absolute Gasteiger partial charge is 0.367 e. The fourth-order valence-corrected chi connectivity index (χ4v) is 3.08. The van der Waals surface area contributed by atoms with Crippen molar-refractivity contribution in [3.63, 3.8) is 0 Å². The Bertz CT molecular complexity index is 1050. The van der Waals surface area contributed by atoms with Crippen molar-refractivity contribution >= 4 is 22.9 Å². The van der Waals surface area contributed by atoms with Gasteiger partial charge in [-0.1, -0.05) is 27.2 Å². The van der Waals surface area contributed by atoms with Crippen LogP contribution in [0, 0.1) is 12.3 Å². The van der Waals surface area contributed by atoms with Crippen LogP contribution in [0.25, 0.3) is 16.8 Å². The lowest BCUT2D eigenvalue weighted by Gasteiger charge is -2.33. The summed E-state index contributed by atoms with van der Waals surface area (Å²) in [4.78, 5) is 13.1. The number of aliphatic imine (C=N–C) groups is 1. The van der Waals surface area contributed by atoms with E-state index < -0.39 is 6.43 Å². The number of fused-ring (bicyclic) bond motifs is 1. The van der Waals surface area contributed by atoms with E-state index in [1.54, 1.807) is 10.7 Å². The van der Waals surface area contributed by atoms with Crippen molar-refractivity contribution in [2.45, 2.75) is 73.7 Å². The first-order chi connectivity index (χ1) is 15.0. The highest BCUT2D eigenvalue weighted by Gasteiger charge is 2.25. The van der Waals surface area contributed by atoms with Crippen LogP contribution in [0.3, 0.4) is 0 Å². The van der Waals surface area contributed by atoms with Crippen molar-refractivity contribution in [1.82, 2.24) is 19.6 Å². The van der Waals surface area contributed by atoms with Crippen LogP contribution >= 0.6 is 0 Å². The third-order valence-electron chi connectivity index (χ3n) is 5.13. The molecule has 6 nitrogen and oxygen atoms in total. The Hall–Kier alpha value is -2.90. The van der Waals surface area contributed by atoms with Gasteiger partial charge in [-0.2, -0.15) is 0 Å². The summed E-state index contributed by atoms with van der Waals surface area (Å²) in [7, 11) is 0. The Morgan fingerprint density at radius 2 is 1.84 bits per heavy atom. The molecule has 3 aromatic heterocycles. The second kappa shape index (κ2) is 11.1. The number of aromatic nitrogens is 4.